The van der Waals surface area contributed by atoms with Crippen LogP contribution in [0.3, 0.4) is 0 Å². The van der Waals surface area contributed by atoms with Crippen molar-refractivity contribution in [1.29, 1.82) is 0 Å². The standard InChI is InChI=1S/C17H13ClN2O2S/c18-15-7-3-13(4-8-15)14-5-9-17(10-6-14)23(21,22)20-16-2-1-11-19-12-16/h1-12,20H. The van der Waals surface area contributed by atoms with Crippen molar-refractivity contribution in [1.82, 2.24) is 4.98 Å². The molecule has 0 saturated heterocycles. The van der Waals surface area contributed by atoms with Gasteiger partial charge in [0.25, 0.3) is 10.0 Å². The lowest BCUT2D eigenvalue weighted by Crippen LogP contribution is -2.12. The van der Waals surface area contributed by atoms with Crippen LogP contribution in [0.2, 0.25) is 5.02 Å². The summed E-state index contributed by atoms with van der Waals surface area (Å²) in [5.41, 5.74) is 2.31. The number of hydrogen-bond donors (Lipinski definition) is 1. The second kappa shape index (κ2) is 6.40. The summed E-state index contributed by atoms with van der Waals surface area (Å²) in [6.45, 7) is 0. The Hall–Kier alpha value is -2.37. The van der Waals surface area contributed by atoms with E-state index < -0.39 is 10.0 Å². The fourth-order valence-electron chi connectivity index (χ4n) is 2.11. The maximum Gasteiger partial charge on any atom is 0.261 e. The third-order valence-corrected chi connectivity index (χ3v) is 4.91. The summed E-state index contributed by atoms with van der Waals surface area (Å²) < 4.78 is 27.2. The molecule has 3 aromatic rings. The Labute approximate surface area is 139 Å². The number of aromatic nitrogens is 1. The van der Waals surface area contributed by atoms with E-state index in [2.05, 4.69) is 9.71 Å². The molecule has 0 aliphatic heterocycles. The number of halogens is 1. The van der Waals surface area contributed by atoms with Gasteiger partial charge in [0.1, 0.15) is 0 Å². The number of pyridine rings is 1. The van der Waals surface area contributed by atoms with E-state index in [1.807, 2.05) is 12.1 Å². The molecule has 1 heterocycles. The Morgan fingerprint density at radius 3 is 2.04 bits per heavy atom. The Bertz CT molecular complexity index is 894. The highest BCUT2D eigenvalue weighted by molar-refractivity contribution is 7.92. The first kappa shape index (κ1) is 15.5. The van der Waals surface area contributed by atoms with Crippen molar-refractivity contribution in [2.24, 2.45) is 0 Å². The van der Waals surface area contributed by atoms with Crippen LogP contribution >= 0.6 is 11.6 Å². The van der Waals surface area contributed by atoms with Gasteiger partial charge in [-0.1, -0.05) is 35.9 Å². The second-order valence-corrected chi connectivity index (χ2v) is 7.00. The zero-order chi connectivity index (χ0) is 16.3. The van der Waals surface area contributed by atoms with Gasteiger partial charge in [0.15, 0.2) is 0 Å². The van der Waals surface area contributed by atoms with Gasteiger partial charge < -0.3 is 0 Å². The monoisotopic (exact) mass is 344 g/mol. The normalized spacial score (nSPS) is 11.2. The maximum absolute atomic E-state index is 12.3. The van der Waals surface area contributed by atoms with Crippen LogP contribution in [0.4, 0.5) is 5.69 Å². The molecule has 0 radical (unpaired) electrons. The zero-order valence-corrected chi connectivity index (χ0v) is 13.6. The van der Waals surface area contributed by atoms with Crippen molar-refractivity contribution in [3.63, 3.8) is 0 Å². The molecule has 6 heteroatoms. The molecule has 3 rings (SSSR count). The average Bonchev–Trinajstić information content (AvgIpc) is 2.56. The predicted molar refractivity (Wildman–Crippen MR) is 91.9 cm³/mol. The highest BCUT2D eigenvalue weighted by Gasteiger charge is 2.14. The van der Waals surface area contributed by atoms with Crippen molar-refractivity contribution >= 4 is 27.3 Å². The van der Waals surface area contributed by atoms with Gasteiger partial charge in [0, 0.05) is 11.2 Å². The van der Waals surface area contributed by atoms with Crippen molar-refractivity contribution in [3.05, 3.63) is 78.1 Å². The molecule has 0 saturated carbocycles. The molecule has 4 nitrogen and oxygen atoms in total. The lowest BCUT2D eigenvalue weighted by Gasteiger charge is -2.08. The second-order valence-electron chi connectivity index (χ2n) is 4.88. The first-order valence-electron chi connectivity index (χ1n) is 6.83. The molecule has 0 aliphatic rings. The van der Waals surface area contributed by atoms with E-state index in [4.69, 9.17) is 11.6 Å². The fraction of sp³-hybridized carbons (Fsp3) is 0. The van der Waals surface area contributed by atoms with Gasteiger partial charge >= 0.3 is 0 Å². The third-order valence-electron chi connectivity index (χ3n) is 3.26. The summed E-state index contributed by atoms with van der Waals surface area (Å²) >= 11 is 5.87. The topological polar surface area (TPSA) is 59.1 Å². The number of anilines is 1. The molecule has 0 fully saturated rings. The highest BCUT2D eigenvalue weighted by Crippen LogP contribution is 2.23. The average molecular weight is 345 g/mol. The van der Waals surface area contributed by atoms with Gasteiger partial charge in [0.05, 0.1) is 16.8 Å². The van der Waals surface area contributed by atoms with Crippen LogP contribution in [-0.2, 0) is 10.0 Å². The van der Waals surface area contributed by atoms with Crippen molar-refractivity contribution < 1.29 is 8.42 Å². The van der Waals surface area contributed by atoms with Crippen LogP contribution in [0.5, 0.6) is 0 Å². The molecule has 0 aliphatic carbocycles. The van der Waals surface area contributed by atoms with Gasteiger partial charge in [-0.2, -0.15) is 0 Å². The molecule has 0 atom stereocenters. The number of benzene rings is 2. The summed E-state index contributed by atoms with van der Waals surface area (Å²) in [4.78, 5) is 4.08. The SMILES string of the molecule is O=S(=O)(Nc1cccnc1)c1ccc(-c2ccc(Cl)cc2)cc1. The Morgan fingerprint density at radius 2 is 1.48 bits per heavy atom. The molecular formula is C17H13ClN2O2S. The van der Waals surface area contributed by atoms with E-state index in [-0.39, 0.29) is 4.90 Å². The summed E-state index contributed by atoms with van der Waals surface area (Å²) in [6.07, 6.45) is 3.04. The zero-order valence-electron chi connectivity index (χ0n) is 12.0. The molecular weight excluding hydrogens is 332 g/mol. The van der Waals surface area contributed by atoms with Gasteiger partial charge in [0.2, 0.25) is 0 Å². The fourth-order valence-corrected chi connectivity index (χ4v) is 3.28. The molecule has 0 amide bonds. The molecule has 0 unspecified atom stereocenters. The van der Waals surface area contributed by atoms with Crippen LogP contribution in [-0.4, -0.2) is 13.4 Å². The van der Waals surface area contributed by atoms with Crippen molar-refractivity contribution in [3.8, 4) is 11.1 Å². The van der Waals surface area contributed by atoms with E-state index in [1.54, 1.807) is 54.7 Å². The molecule has 116 valence electrons. The van der Waals surface area contributed by atoms with Gasteiger partial charge in [-0.05, 0) is 47.5 Å². The molecule has 0 bridgehead atoms. The van der Waals surface area contributed by atoms with E-state index in [0.717, 1.165) is 11.1 Å². The predicted octanol–water partition coefficient (Wildman–Crippen LogP) is 4.20. The molecule has 0 spiro atoms. The van der Waals surface area contributed by atoms with Crippen LogP contribution in [0.25, 0.3) is 11.1 Å². The van der Waals surface area contributed by atoms with Gasteiger partial charge in [-0.25, -0.2) is 8.42 Å². The minimum atomic E-state index is -3.63. The van der Waals surface area contributed by atoms with Crippen LogP contribution in [0, 0.1) is 0 Å². The molecule has 1 aromatic heterocycles. The lowest BCUT2D eigenvalue weighted by molar-refractivity contribution is 0.601. The molecule has 23 heavy (non-hydrogen) atoms. The Kier molecular flexibility index (Phi) is 4.32. The Morgan fingerprint density at radius 1 is 0.870 bits per heavy atom. The highest BCUT2D eigenvalue weighted by atomic mass is 35.5. The lowest BCUT2D eigenvalue weighted by atomic mass is 10.1. The van der Waals surface area contributed by atoms with E-state index in [9.17, 15) is 8.42 Å². The number of hydrogen-bond acceptors (Lipinski definition) is 3. The largest absolute Gasteiger partial charge is 0.278 e. The minimum Gasteiger partial charge on any atom is -0.278 e. The maximum atomic E-state index is 12.3. The summed E-state index contributed by atoms with van der Waals surface area (Å²) in [5.74, 6) is 0. The van der Waals surface area contributed by atoms with Crippen LogP contribution in [0.15, 0.2) is 78.0 Å². The minimum absolute atomic E-state index is 0.194. The van der Waals surface area contributed by atoms with E-state index in [1.165, 1.54) is 6.20 Å². The first-order valence-corrected chi connectivity index (χ1v) is 8.69. The van der Waals surface area contributed by atoms with Crippen molar-refractivity contribution in [2.45, 2.75) is 4.90 Å². The quantitative estimate of drug-likeness (QED) is 0.771. The van der Waals surface area contributed by atoms with Crippen LogP contribution in [0.1, 0.15) is 0 Å². The third kappa shape index (κ3) is 3.70. The summed E-state index contributed by atoms with van der Waals surface area (Å²) in [5, 5.41) is 0.661. The van der Waals surface area contributed by atoms with Gasteiger partial charge in [-0.3, -0.25) is 9.71 Å². The number of rotatable bonds is 4. The summed E-state index contributed by atoms with van der Waals surface area (Å²) in [6, 6.07) is 17.4. The van der Waals surface area contributed by atoms with Gasteiger partial charge in [-0.15, -0.1) is 0 Å². The number of nitrogens with zero attached hydrogens (tertiary/aromatic N) is 1. The van der Waals surface area contributed by atoms with Crippen LogP contribution < -0.4 is 4.72 Å². The molecule has 1 N–H and O–H groups in total. The smallest absolute Gasteiger partial charge is 0.261 e. The molecule has 2 aromatic carbocycles. The van der Waals surface area contributed by atoms with E-state index >= 15 is 0 Å². The first-order chi connectivity index (χ1) is 11.0. The summed E-state index contributed by atoms with van der Waals surface area (Å²) in [7, 11) is -3.63. The Balaban J connectivity index is 1.85. The number of nitrogens with one attached hydrogen (secondary N) is 1. The van der Waals surface area contributed by atoms with E-state index in [0.29, 0.717) is 10.7 Å². The van der Waals surface area contributed by atoms with Crippen molar-refractivity contribution in [2.75, 3.05) is 4.72 Å². The number of sulfonamides is 1.